The second-order valence-corrected chi connectivity index (χ2v) is 9.41. The number of aromatic nitrogens is 3. The molecule has 1 saturated heterocycles. The molecule has 3 heterocycles. The molecule has 1 amide bonds. The lowest BCUT2D eigenvalue weighted by atomic mass is 9.96. The van der Waals surface area contributed by atoms with Crippen molar-refractivity contribution in [1.82, 2.24) is 19.7 Å². The number of amides is 1. The maximum absolute atomic E-state index is 13.1. The highest BCUT2D eigenvalue weighted by atomic mass is 16.2. The molecule has 5 nitrogen and oxygen atoms in total. The van der Waals surface area contributed by atoms with Gasteiger partial charge in [-0.2, -0.15) is 5.10 Å². The van der Waals surface area contributed by atoms with Gasteiger partial charge in [-0.25, -0.2) is 0 Å². The summed E-state index contributed by atoms with van der Waals surface area (Å²) in [6.07, 6.45) is 8.67. The molecule has 148 valence electrons. The molecular weight excluding hydrogens is 348 g/mol. The quantitative estimate of drug-likeness (QED) is 0.807. The molecule has 2 fully saturated rings. The van der Waals surface area contributed by atoms with E-state index in [2.05, 4.69) is 41.4 Å². The summed E-state index contributed by atoms with van der Waals surface area (Å²) < 4.78 is 2.13. The third-order valence-electron chi connectivity index (χ3n) is 7.49. The van der Waals surface area contributed by atoms with E-state index in [4.69, 9.17) is 5.10 Å². The number of nitrogens with zero attached hydrogens (tertiary/aromatic N) is 4. The Balaban J connectivity index is 1.29. The number of carbonyl (C=O) groups is 1. The highest BCUT2D eigenvalue weighted by Crippen LogP contribution is 2.70. The van der Waals surface area contributed by atoms with Crippen LogP contribution >= 0.6 is 0 Å². The van der Waals surface area contributed by atoms with E-state index in [1.54, 1.807) is 6.20 Å². The predicted molar refractivity (Wildman–Crippen MR) is 108 cm³/mol. The molecule has 0 bridgehead atoms. The smallest absolute Gasteiger partial charge is 0.224 e. The third-order valence-corrected chi connectivity index (χ3v) is 7.49. The molecule has 3 atom stereocenters. The summed E-state index contributed by atoms with van der Waals surface area (Å²) in [6, 6.07) is 4.24. The molecule has 1 aliphatic heterocycles. The Kier molecular flexibility index (Phi) is 4.11. The second kappa shape index (κ2) is 6.43. The number of pyridine rings is 1. The van der Waals surface area contributed by atoms with Crippen molar-refractivity contribution in [3.8, 4) is 0 Å². The summed E-state index contributed by atoms with van der Waals surface area (Å²) in [5, 5.41) is 4.81. The summed E-state index contributed by atoms with van der Waals surface area (Å²) in [7, 11) is 0. The normalized spacial score (nSPS) is 27.4. The van der Waals surface area contributed by atoms with Crippen LogP contribution < -0.4 is 0 Å². The predicted octanol–water partition coefficient (Wildman–Crippen LogP) is 4.03. The molecule has 0 spiro atoms. The number of hydrogen-bond acceptors (Lipinski definition) is 3. The van der Waals surface area contributed by atoms with Crippen LogP contribution in [0.25, 0.3) is 0 Å². The Morgan fingerprint density at radius 3 is 2.96 bits per heavy atom. The molecule has 5 rings (SSSR count). The minimum Gasteiger partial charge on any atom is -0.336 e. The van der Waals surface area contributed by atoms with Crippen LogP contribution in [0.15, 0.2) is 24.5 Å². The van der Waals surface area contributed by atoms with Gasteiger partial charge in [0.15, 0.2) is 0 Å². The Bertz CT molecular complexity index is 901. The monoisotopic (exact) mass is 378 g/mol. The maximum Gasteiger partial charge on any atom is 0.224 e. The van der Waals surface area contributed by atoms with Crippen molar-refractivity contribution in [2.75, 3.05) is 6.54 Å². The van der Waals surface area contributed by atoms with Gasteiger partial charge in [-0.3, -0.25) is 14.5 Å². The van der Waals surface area contributed by atoms with Crippen LogP contribution in [-0.2, 0) is 17.8 Å². The van der Waals surface area contributed by atoms with Gasteiger partial charge in [-0.15, -0.1) is 0 Å². The van der Waals surface area contributed by atoms with Gasteiger partial charge >= 0.3 is 0 Å². The number of rotatable bonds is 4. The van der Waals surface area contributed by atoms with Gasteiger partial charge in [0.05, 0.1) is 11.7 Å². The van der Waals surface area contributed by atoms with Crippen molar-refractivity contribution in [2.45, 2.75) is 71.4 Å². The van der Waals surface area contributed by atoms with Crippen molar-refractivity contribution < 1.29 is 4.79 Å². The first-order valence-electron chi connectivity index (χ1n) is 10.7. The first kappa shape index (κ1) is 17.9. The number of piperidine rings is 1. The Labute approximate surface area is 167 Å². The van der Waals surface area contributed by atoms with Crippen molar-refractivity contribution in [2.24, 2.45) is 11.3 Å². The fourth-order valence-electron chi connectivity index (χ4n) is 5.85. The van der Waals surface area contributed by atoms with E-state index in [1.165, 1.54) is 23.4 Å². The lowest BCUT2D eigenvalue weighted by molar-refractivity contribution is -0.135. The van der Waals surface area contributed by atoms with Gasteiger partial charge in [0.1, 0.15) is 0 Å². The molecule has 3 aliphatic rings. The zero-order chi connectivity index (χ0) is 19.5. The fourth-order valence-corrected chi connectivity index (χ4v) is 5.85. The minimum absolute atomic E-state index is 0.175. The van der Waals surface area contributed by atoms with Crippen LogP contribution in [0.4, 0.5) is 0 Å². The molecule has 2 aromatic heterocycles. The number of hydrogen-bond donors (Lipinski definition) is 0. The lowest BCUT2D eigenvalue weighted by Crippen LogP contribution is -2.39. The van der Waals surface area contributed by atoms with E-state index in [-0.39, 0.29) is 11.9 Å². The van der Waals surface area contributed by atoms with Crippen LogP contribution in [0, 0.1) is 18.3 Å². The molecular formula is C23H30N4O. The van der Waals surface area contributed by atoms with Crippen LogP contribution in [0.2, 0.25) is 0 Å². The molecule has 0 radical (unpaired) electrons. The molecule has 2 aromatic rings. The highest BCUT2D eigenvalue weighted by Gasteiger charge is 2.63. The summed E-state index contributed by atoms with van der Waals surface area (Å²) in [5.74, 6) is 1.71. The summed E-state index contributed by atoms with van der Waals surface area (Å²) in [5.41, 5.74) is 5.64. The Morgan fingerprint density at radius 1 is 1.32 bits per heavy atom. The molecule has 28 heavy (non-hydrogen) atoms. The summed E-state index contributed by atoms with van der Waals surface area (Å²) in [4.78, 5) is 19.4. The number of likely N-dealkylation sites (tertiary alicyclic amines) is 1. The molecule has 0 unspecified atom stereocenters. The SMILES string of the molecule is Cc1nn(CCC(=O)N2CCCC[C@@H]2c2cccnc2)c2c1[C@H]1[C@@H](C2)C1(C)C. The van der Waals surface area contributed by atoms with Crippen LogP contribution in [0.5, 0.6) is 0 Å². The number of aryl methyl sites for hydroxylation is 2. The van der Waals surface area contributed by atoms with E-state index in [9.17, 15) is 4.79 Å². The second-order valence-electron chi connectivity index (χ2n) is 9.41. The zero-order valence-corrected chi connectivity index (χ0v) is 17.2. The minimum atomic E-state index is 0.175. The Hall–Kier alpha value is -2.17. The molecule has 0 N–H and O–H groups in total. The van der Waals surface area contributed by atoms with Gasteiger partial charge in [-0.1, -0.05) is 19.9 Å². The van der Waals surface area contributed by atoms with Gasteiger partial charge in [0.2, 0.25) is 5.91 Å². The zero-order valence-electron chi connectivity index (χ0n) is 17.2. The van der Waals surface area contributed by atoms with Gasteiger partial charge in [0.25, 0.3) is 0 Å². The van der Waals surface area contributed by atoms with Crippen molar-refractivity contribution in [1.29, 1.82) is 0 Å². The summed E-state index contributed by atoms with van der Waals surface area (Å²) in [6.45, 7) is 8.44. The highest BCUT2D eigenvalue weighted by molar-refractivity contribution is 5.76. The van der Waals surface area contributed by atoms with Crippen LogP contribution in [0.1, 0.15) is 74.0 Å². The van der Waals surface area contributed by atoms with E-state index < -0.39 is 0 Å². The van der Waals surface area contributed by atoms with Crippen LogP contribution in [-0.4, -0.2) is 32.1 Å². The topological polar surface area (TPSA) is 51.0 Å². The standard InChI is InChI=1S/C23H30N4O/c1-15-21-19(13-17-22(21)23(17,2)3)27(25-15)12-9-20(28)26-11-5-4-8-18(26)16-7-6-10-24-14-16/h6-7,10,14,17-18,22H,4-5,8-9,11-13H2,1-3H3/t17-,18-,22-/m1/s1. The van der Waals surface area contributed by atoms with Gasteiger partial charge in [-0.05, 0) is 61.5 Å². The first-order chi connectivity index (χ1) is 13.5. The van der Waals surface area contributed by atoms with E-state index in [1.807, 2.05) is 12.3 Å². The lowest BCUT2D eigenvalue weighted by Gasteiger charge is -2.36. The number of carbonyl (C=O) groups excluding carboxylic acids is 1. The van der Waals surface area contributed by atoms with Crippen LogP contribution in [0.3, 0.4) is 0 Å². The largest absolute Gasteiger partial charge is 0.336 e. The average molecular weight is 379 g/mol. The van der Waals surface area contributed by atoms with Gasteiger partial charge < -0.3 is 4.90 Å². The molecule has 0 aromatic carbocycles. The maximum atomic E-state index is 13.1. The van der Waals surface area contributed by atoms with Crippen molar-refractivity contribution in [3.05, 3.63) is 47.0 Å². The molecule has 5 heteroatoms. The molecule has 1 saturated carbocycles. The molecule has 2 aliphatic carbocycles. The van der Waals surface area contributed by atoms with E-state index in [0.29, 0.717) is 24.3 Å². The first-order valence-corrected chi connectivity index (χ1v) is 10.7. The van der Waals surface area contributed by atoms with E-state index >= 15 is 0 Å². The third kappa shape index (κ3) is 2.70. The van der Waals surface area contributed by atoms with Gasteiger partial charge in [0, 0.05) is 43.2 Å². The fraction of sp³-hybridized carbons (Fsp3) is 0.609. The summed E-state index contributed by atoms with van der Waals surface area (Å²) >= 11 is 0. The average Bonchev–Trinajstić information content (AvgIpc) is 3.04. The van der Waals surface area contributed by atoms with Crippen molar-refractivity contribution in [3.63, 3.8) is 0 Å². The van der Waals surface area contributed by atoms with E-state index in [0.717, 1.165) is 37.3 Å². The number of fused-ring (bicyclic) bond motifs is 3. The van der Waals surface area contributed by atoms with Crippen molar-refractivity contribution >= 4 is 5.91 Å². The Morgan fingerprint density at radius 2 is 2.18 bits per heavy atom.